The van der Waals surface area contributed by atoms with Crippen molar-refractivity contribution in [2.45, 2.75) is 27.7 Å². The average molecular weight is 379 g/mol. The number of carbonyl (C=O) groups excluding carboxylic acids is 2. The number of anilines is 1. The minimum absolute atomic E-state index is 0.206. The third-order valence-corrected chi connectivity index (χ3v) is 4.81. The molecule has 0 radical (unpaired) electrons. The molecule has 4 nitrogen and oxygen atoms in total. The van der Waals surface area contributed by atoms with Crippen LogP contribution in [0.1, 0.15) is 30.5 Å². The van der Waals surface area contributed by atoms with Crippen LogP contribution in [-0.2, 0) is 14.3 Å². The number of allylic oxidation sites excluding steroid dienone is 1. The summed E-state index contributed by atoms with van der Waals surface area (Å²) in [5.74, 6) is -1.23. The van der Waals surface area contributed by atoms with Crippen LogP contribution in [0.5, 0.6) is 0 Å². The standard InChI is InChI=1S/C23H22FNO3/c1-5-28-23(27)21-16(4)25(19-11-6-14(2)15(3)12-19)22(26)20(21)13-17-7-9-18(24)10-8-17/h6-13H,5H2,1-4H3. The molecule has 0 atom stereocenters. The fraction of sp³-hybridized carbons (Fsp3) is 0.217. The normalized spacial score (nSPS) is 15.5. The van der Waals surface area contributed by atoms with Gasteiger partial charge in [0.1, 0.15) is 5.82 Å². The lowest BCUT2D eigenvalue weighted by Crippen LogP contribution is -2.24. The van der Waals surface area contributed by atoms with Crippen LogP contribution >= 0.6 is 0 Å². The highest BCUT2D eigenvalue weighted by atomic mass is 19.1. The van der Waals surface area contributed by atoms with Gasteiger partial charge in [-0.1, -0.05) is 18.2 Å². The largest absolute Gasteiger partial charge is 0.462 e. The fourth-order valence-corrected chi connectivity index (χ4v) is 3.18. The number of nitrogens with zero attached hydrogens (tertiary/aromatic N) is 1. The first-order valence-electron chi connectivity index (χ1n) is 9.10. The molecule has 0 aromatic heterocycles. The van der Waals surface area contributed by atoms with Crippen molar-refractivity contribution in [1.29, 1.82) is 0 Å². The molecule has 1 amide bonds. The van der Waals surface area contributed by atoms with Gasteiger partial charge >= 0.3 is 5.97 Å². The number of amides is 1. The van der Waals surface area contributed by atoms with E-state index in [0.717, 1.165) is 11.1 Å². The summed E-state index contributed by atoms with van der Waals surface area (Å²) in [6.07, 6.45) is 1.60. The van der Waals surface area contributed by atoms with E-state index in [-0.39, 0.29) is 29.5 Å². The van der Waals surface area contributed by atoms with Gasteiger partial charge in [0.05, 0.1) is 17.8 Å². The molecule has 1 aliphatic rings. The molecule has 1 aliphatic heterocycles. The van der Waals surface area contributed by atoms with Crippen molar-refractivity contribution in [1.82, 2.24) is 0 Å². The fourth-order valence-electron chi connectivity index (χ4n) is 3.18. The van der Waals surface area contributed by atoms with Crippen molar-refractivity contribution in [2.75, 3.05) is 11.5 Å². The van der Waals surface area contributed by atoms with Crippen molar-refractivity contribution in [3.05, 3.63) is 81.8 Å². The molecule has 144 valence electrons. The SMILES string of the molecule is CCOC(=O)C1=C(C)N(c2ccc(C)c(C)c2)C(=O)C1=Cc1ccc(F)cc1. The Hall–Kier alpha value is -3.21. The lowest BCUT2D eigenvalue weighted by molar-refractivity contribution is -0.138. The quantitative estimate of drug-likeness (QED) is 0.571. The van der Waals surface area contributed by atoms with E-state index >= 15 is 0 Å². The number of hydrogen-bond acceptors (Lipinski definition) is 3. The van der Waals surface area contributed by atoms with E-state index in [0.29, 0.717) is 16.9 Å². The number of halogens is 1. The maximum absolute atomic E-state index is 13.2. The van der Waals surface area contributed by atoms with Crippen molar-refractivity contribution in [3.63, 3.8) is 0 Å². The van der Waals surface area contributed by atoms with Crippen LogP contribution < -0.4 is 4.90 Å². The van der Waals surface area contributed by atoms with Crippen LogP contribution in [-0.4, -0.2) is 18.5 Å². The molecule has 0 fully saturated rings. The average Bonchev–Trinajstić information content (AvgIpc) is 2.90. The van der Waals surface area contributed by atoms with Crippen LogP contribution in [0.3, 0.4) is 0 Å². The molecular formula is C23H22FNO3. The summed E-state index contributed by atoms with van der Waals surface area (Å²) in [5, 5.41) is 0. The third kappa shape index (κ3) is 3.60. The van der Waals surface area contributed by atoms with Gasteiger partial charge in [-0.2, -0.15) is 0 Å². The zero-order valence-electron chi connectivity index (χ0n) is 16.4. The van der Waals surface area contributed by atoms with E-state index < -0.39 is 5.97 Å². The van der Waals surface area contributed by atoms with Gasteiger partial charge in [-0.3, -0.25) is 9.69 Å². The summed E-state index contributed by atoms with van der Waals surface area (Å²) in [6.45, 7) is 7.62. The smallest absolute Gasteiger partial charge is 0.340 e. The lowest BCUT2D eigenvalue weighted by atomic mass is 10.0. The highest BCUT2D eigenvalue weighted by molar-refractivity contribution is 6.23. The summed E-state index contributed by atoms with van der Waals surface area (Å²) in [7, 11) is 0. The van der Waals surface area contributed by atoms with E-state index in [4.69, 9.17) is 4.74 Å². The maximum Gasteiger partial charge on any atom is 0.340 e. The van der Waals surface area contributed by atoms with Gasteiger partial charge in [0, 0.05) is 11.4 Å². The second-order valence-electron chi connectivity index (χ2n) is 6.70. The van der Waals surface area contributed by atoms with E-state index in [1.165, 1.54) is 17.0 Å². The van der Waals surface area contributed by atoms with Gasteiger partial charge in [0.25, 0.3) is 5.91 Å². The van der Waals surface area contributed by atoms with E-state index in [9.17, 15) is 14.0 Å². The molecule has 0 bridgehead atoms. The van der Waals surface area contributed by atoms with Gasteiger partial charge < -0.3 is 4.74 Å². The first-order chi connectivity index (χ1) is 13.3. The summed E-state index contributed by atoms with van der Waals surface area (Å²) in [4.78, 5) is 27.4. The maximum atomic E-state index is 13.2. The van der Waals surface area contributed by atoms with Crippen LogP contribution in [0.15, 0.2) is 59.3 Å². The second kappa shape index (κ2) is 7.80. The van der Waals surface area contributed by atoms with Gasteiger partial charge in [-0.15, -0.1) is 0 Å². The van der Waals surface area contributed by atoms with Crippen LogP contribution in [0.4, 0.5) is 10.1 Å². The first-order valence-corrected chi connectivity index (χ1v) is 9.10. The monoisotopic (exact) mass is 379 g/mol. The minimum Gasteiger partial charge on any atom is -0.462 e. The molecule has 28 heavy (non-hydrogen) atoms. The van der Waals surface area contributed by atoms with Crippen molar-refractivity contribution in [3.8, 4) is 0 Å². The summed E-state index contributed by atoms with van der Waals surface area (Å²) < 4.78 is 18.4. The van der Waals surface area contributed by atoms with Crippen molar-refractivity contribution in [2.24, 2.45) is 0 Å². The molecular weight excluding hydrogens is 357 g/mol. The highest BCUT2D eigenvalue weighted by Gasteiger charge is 2.38. The number of aryl methyl sites for hydroxylation is 2. The lowest BCUT2D eigenvalue weighted by Gasteiger charge is -2.19. The van der Waals surface area contributed by atoms with Crippen molar-refractivity contribution < 1.29 is 18.7 Å². The number of benzene rings is 2. The van der Waals surface area contributed by atoms with Gasteiger partial charge in [-0.05, 0) is 74.7 Å². The Labute approximate surface area is 163 Å². The van der Waals surface area contributed by atoms with E-state index in [1.807, 2.05) is 32.0 Å². The third-order valence-electron chi connectivity index (χ3n) is 4.81. The highest BCUT2D eigenvalue weighted by Crippen LogP contribution is 2.36. The molecule has 3 rings (SSSR count). The number of ether oxygens (including phenoxy) is 1. The van der Waals surface area contributed by atoms with Crippen LogP contribution in [0.25, 0.3) is 6.08 Å². The molecule has 0 unspecified atom stereocenters. The van der Waals surface area contributed by atoms with Gasteiger partial charge in [-0.25, -0.2) is 9.18 Å². The Morgan fingerprint density at radius 3 is 2.36 bits per heavy atom. The Morgan fingerprint density at radius 1 is 1.07 bits per heavy atom. The van der Waals surface area contributed by atoms with Crippen LogP contribution in [0, 0.1) is 19.7 Å². The second-order valence-corrected chi connectivity index (χ2v) is 6.70. The number of carbonyl (C=O) groups is 2. The number of hydrogen-bond donors (Lipinski definition) is 0. The minimum atomic E-state index is -0.548. The Kier molecular flexibility index (Phi) is 5.45. The molecule has 0 aliphatic carbocycles. The Bertz CT molecular complexity index is 1000. The predicted molar refractivity (Wildman–Crippen MR) is 107 cm³/mol. The summed E-state index contributed by atoms with van der Waals surface area (Å²) in [5.41, 5.74) is 4.46. The molecule has 2 aromatic rings. The topological polar surface area (TPSA) is 46.6 Å². The molecule has 0 spiro atoms. The first kappa shape index (κ1) is 19.5. The number of rotatable bonds is 4. The summed E-state index contributed by atoms with van der Waals surface area (Å²) >= 11 is 0. The summed E-state index contributed by atoms with van der Waals surface area (Å²) in [6, 6.07) is 11.5. The van der Waals surface area contributed by atoms with Crippen molar-refractivity contribution >= 4 is 23.6 Å². The van der Waals surface area contributed by atoms with E-state index in [2.05, 4.69) is 0 Å². The molecule has 5 heteroatoms. The van der Waals surface area contributed by atoms with Crippen LogP contribution in [0.2, 0.25) is 0 Å². The zero-order chi connectivity index (χ0) is 20.4. The molecule has 0 saturated carbocycles. The predicted octanol–water partition coefficient (Wildman–Crippen LogP) is 4.71. The molecule has 1 heterocycles. The molecule has 0 N–H and O–H groups in total. The van der Waals surface area contributed by atoms with E-state index in [1.54, 1.807) is 32.1 Å². The number of esters is 1. The molecule has 0 saturated heterocycles. The van der Waals surface area contributed by atoms with Gasteiger partial charge in [0.15, 0.2) is 0 Å². The Morgan fingerprint density at radius 2 is 1.75 bits per heavy atom. The zero-order valence-corrected chi connectivity index (χ0v) is 16.4. The van der Waals surface area contributed by atoms with Gasteiger partial charge in [0.2, 0.25) is 0 Å². The Balaban J connectivity index is 2.13. The molecule has 2 aromatic carbocycles.